The first-order valence-corrected chi connectivity index (χ1v) is 13.5. The zero-order valence-corrected chi connectivity index (χ0v) is 22.0. The van der Waals surface area contributed by atoms with Gasteiger partial charge >= 0.3 is 0 Å². The van der Waals surface area contributed by atoms with Gasteiger partial charge in [0.2, 0.25) is 11.8 Å². The summed E-state index contributed by atoms with van der Waals surface area (Å²) in [6.07, 6.45) is 2.41. The average molecular weight is 510 g/mol. The van der Waals surface area contributed by atoms with Crippen LogP contribution < -0.4 is 10.6 Å². The third-order valence-corrected chi connectivity index (χ3v) is 7.91. The van der Waals surface area contributed by atoms with Gasteiger partial charge in [-0.05, 0) is 56.4 Å². The van der Waals surface area contributed by atoms with E-state index in [1.54, 1.807) is 12.1 Å². The number of nitrogens with zero attached hydrogens (tertiary/aromatic N) is 1. The Hall–Kier alpha value is -3.93. The third-order valence-electron chi connectivity index (χ3n) is 7.91. The standard InChI is InChI=1S/C32H35N3O3/c1-22(2)33-29(36)28(20-23-12-6-3-7-13-23)34-31(38)32-19-18-26(21-27(32)24-14-8-4-9-15-24)35(32)30(37)25-16-10-5-11-17-25/h3-17,22,26-28H,18-21H2,1-2H3,(H,33,36)(H,34,38)/t26-,27+,28-,32+/m0/s1. The van der Waals surface area contributed by atoms with Crippen LogP contribution in [0.2, 0.25) is 0 Å². The fraction of sp³-hybridized carbons (Fsp3) is 0.344. The molecule has 3 aromatic rings. The SMILES string of the molecule is CC(C)NC(=O)[C@H](Cc1ccccc1)NC(=O)[C@@]12CC[C@@H](C[C@@H]1c1ccccc1)N2C(=O)c1ccccc1. The first kappa shape index (κ1) is 25.7. The summed E-state index contributed by atoms with van der Waals surface area (Å²) < 4.78 is 0. The number of nitrogens with one attached hydrogen (secondary N) is 2. The molecular formula is C32H35N3O3. The fourth-order valence-corrected chi connectivity index (χ4v) is 6.27. The van der Waals surface area contributed by atoms with E-state index in [1.165, 1.54) is 0 Å². The molecule has 4 atom stereocenters. The lowest BCUT2D eigenvalue weighted by Crippen LogP contribution is -2.61. The Morgan fingerprint density at radius 2 is 1.47 bits per heavy atom. The van der Waals surface area contributed by atoms with E-state index in [1.807, 2.05) is 97.6 Å². The molecule has 196 valence electrons. The molecule has 6 heteroatoms. The molecule has 0 radical (unpaired) electrons. The van der Waals surface area contributed by atoms with Gasteiger partial charge in [0.15, 0.2) is 0 Å². The first-order valence-electron chi connectivity index (χ1n) is 13.5. The summed E-state index contributed by atoms with van der Waals surface area (Å²) in [7, 11) is 0. The van der Waals surface area contributed by atoms with E-state index in [0.29, 0.717) is 18.4 Å². The second-order valence-electron chi connectivity index (χ2n) is 10.7. The van der Waals surface area contributed by atoms with Crippen molar-refractivity contribution in [2.75, 3.05) is 0 Å². The van der Waals surface area contributed by atoms with Gasteiger partial charge in [-0.2, -0.15) is 0 Å². The Balaban J connectivity index is 1.52. The number of rotatable bonds is 8. The zero-order valence-electron chi connectivity index (χ0n) is 22.0. The molecule has 2 saturated heterocycles. The topological polar surface area (TPSA) is 78.5 Å². The lowest BCUT2D eigenvalue weighted by molar-refractivity contribution is -0.135. The number of fused-ring (bicyclic) bond motifs is 2. The molecule has 5 rings (SSSR count). The number of amides is 3. The molecule has 2 bridgehead atoms. The van der Waals surface area contributed by atoms with Crippen LogP contribution in [-0.2, 0) is 16.0 Å². The molecule has 0 aliphatic carbocycles. The highest BCUT2D eigenvalue weighted by Crippen LogP contribution is 2.55. The highest BCUT2D eigenvalue weighted by molar-refractivity contribution is 6.02. The van der Waals surface area contributed by atoms with Gasteiger partial charge < -0.3 is 15.5 Å². The maximum absolute atomic E-state index is 14.5. The maximum atomic E-state index is 14.5. The minimum Gasteiger partial charge on any atom is -0.352 e. The van der Waals surface area contributed by atoms with Gasteiger partial charge in [0.05, 0.1) is 0 Å². The van der Waals surface area contributed by atoms with Gasteiger partial charge in [0, 0.05) is 30.0 Å². The van der Waals surface area contributed by atoms with Crippen LogP contribution in [0.1, 0.15) is 60.5 Å². The van der Waals surface area contributed by atoms with Crippen LogP contribution in [0.4, 0.5) is 0 Å². The summed E-state index contributed by atoms with van der Waals surface area (Å²) in [5.74, 6) is -0.762. The van der Waals surface area contributed by atoms with Gasteiger partial charge in [-0.15, -0.1) is 0 Å². The van der Waals surface area contributed by atoms with E-state index in [0.717, 1.165) is 24.0 Å². The first-order chi connectivity index (χ1) is 18.4. The Kier molecular flexibility index (Phi) is 7.32. The van der Waals surface area contributed by atoms with Crippen molar-refractivity contribution in [3.05, 3.63) is 108 Å². The largest absolute Gasteiger partial charge is 0.352 e. The summed E-state index contributed by atoms with van der Waals surface area (Å²) in [5.41, 5.74) is 1.51. The molecule has 0 saturated carbocycles. The molecule has 6 nitrogen and oxygen atoms in total. The zero-order chi connectivity index (χ0) is 26.7. The van der Waals surface area contributed by atoms with Crippen molar-refractivity contribution in [2.45, 2.75) is 69.1 Å². The van der Waals surface area contributed by atoms with Crippen LogP contribution >= 0.6 is 0 Å². The van der Waals surface area contributed by atoms with E-state index in [-0.39, 0.29) is 35.7 Å². The molecule has 3 amide bonds. The van der Waals surface area contributed by atoms with Crippen molar-refractivity contribution in [3.8, 4) is 0 Å². The minimum absolute atomic E-state index is 0.0317. The Bertz CT molecular complexity index is 1280. The molecule has 38 heavy (non-hydrogen) atoms. The van der Waals surface area contributed by atoms with Crippen LogP contribution in [0.25, 0.3) is 0 Å². The summed E-state index contributed by atoms with van der Waals surface area (Å²) in [4.78, 5) is 43.5. The minimum atomic E-state index is -1.06. The summed E-state index contributed by atoms with van der Waals surface area (Å²) in [6, 6.07) is 28.0. The number of hydrogen-bond donors (Lipinski definition) is 2. The molecule has 2 fully saturated rings. The van der Waals surface area contributed by atoms with Crippen molar-refractivity contribution < 1.29 is 14.4 Å². The van der Waals surface area contributed by atoms with Crippen molar-refractivity contribution >= 4 is 17.7 Å². The number of carbonyl (C=O) groups excluding carboxylic acids is 3. The van der Waals surface area contributed by atoms with Crippen LogP contribution in [0.5, 0.6) is 0 Å². The van der Waals surface area contributed by atoms with Gasteiger partial charge in [0.1, 0.15) is 11.6 Å². The Morgan fingerprint density at radius 3 is 2.11 bits per heavy atom. The molecule has 2 aliphatic rings. The highest BCUT2D eigenvalue weighted by atomic mass is 16.2. The number of benzene rings is 3. The van der Waals surface area contributed by atoms with Crippen molar-refractivity contribution in [3.63, 3.8) is 0 Å². The molecule has 0 aromatic heterocycles. The molecule has 2 N–H and O–H groups in total. The third kappa shape index (κ3) is 4.83. The highest BCUT2D eigenvalue weighted by Gasteiger charge is 2.64. The molecule has 2 heterocycles. The van der Waals surface area contributed by atoms with Gasteiger partial charge in [-0.25, -0.2) is 0 Å². The van der Waals surface area contributed by atoms with E-state index in [4.69, 9.17) is 0 Å². The predicted octanol–water partition coefficient (Wildman–Crippen LogP) is 4.47. The van der Waals surface area contributed by atoms with E-state index in [2.05, 4.69) is 10.6 Å². The lowest BCUT2D eigenvalue weighted by atomic mass is 9.73. The molecular weight excluding hydrogens is 474 g/mol. The Labute approximate surface area is 224 Å². The normalized spacial score (nSPS) is 22.8. The second-order valence-corrected chi connectivity index (χ2v) is 10.7. The summed E-state index contributed by atoms with van der Waals surface area (Å²) >= 11 is 0. The van der Waals surface area contributed by atoms with Crippen LogP contribution in [0.15, 0.2) is 91.0 Å². The lowest BCUT2D eigenvalue weighted by Gasteiger charge is -2.39. The van der Waals surface area contributed by atoms with E-state index in [9.17, 15) is 14.4 Å². The molecule has 2 aliphatic heterocycles. The monoisotopic (exact) mass is 509 g/mol. The van der Waals surface area contributed by atoms with Gasteiger partial charge in [0.25, 0.3) is 5.91 Å². The molecule has 0 unspecified atom stereocenters. The van der Waals surface area contributed by atoms with Crippen molar-refractivity contribution in [2.24, 2.45) is 0 Å². The quantitative estimate of drug-likeness (QED) is 0.470. The van der Waals surface area contributed by atoms with Gasteiger partial charge in [-0.1, -0.05) is 78.9 Å². The number of carbonyl (C=O) groups is 3. The predicted molar refractivity (Wildman–Crippen MR) is 148 cm³/mol. The van der Waals surface area contributed by atoms with Crippen LogP contribution in [-0.4, -0.2) is 46.3 Å². The van der Waals surface area contributed by atoms with Gasteiger partial charge in [-0.3, -0.25) is 14.4 Å². The molecule has 3 aromatic carbocycles. The smallest absolute Gasteiger partial charge is 0.255 e. The van der Waals surface area contributed by atoms with Crippen LogP contribution in [0.3, 0.4) is 0 Å². The van der Waals surface area contributed by atoms with E-state index >= 15 is 0 Å². The second kappa shape index (κ2) is 10.8. The number of hydrogen-bond acceptors (Lipinski definition) is 3. The maximum Gasteiger partial charge on any atom is 0.255 e. The summed E-state index contributed by atoms with van der Waals surface area (Å²) in [6.45, 7) is 3.81. The van der Waals surface area contributed by atoms with Crippen LogP contribution in [0, 0.1) is 0 Å². The average Bonchev–Trinajstić information content (AvgIpc) is 3.48. The Morgan fingerprint density at radius 1 is 0.868 bits per heavy atom. The fourth-order valence-electron chi connectivity index (χ4n) is 6.27. The van der Waals surface area contributed by atoms with E-state index < -0.39 is 11.6 Å². The summed E-state index contributed by atoms with van der Waals surface area (Å²) in [5, 5.41) is 6.09. The van der Waals surface area contributed by atoms with Crippen molar-refractivity contribution in [1.82, 2.24) is 15.5 Å². The molecule has 0 spiro atoms. The van der Waals surface area contributed by atoms with Crippen molar-refractivity contribution in [1.29, 1.82) is 0 Å².